The number of hydrogen-bond donors (Lipinski definition) is 3. The number of hydrogen-bond acceptors (Lipinski definition) is 6. The maximum atomic E-state index is 12.3. The second kappa shape index (κ2) is 12.4. The van der Waals surface area contributed by atoms with Gasteiger partial charge in [0.05, 0.1) is 12.6 Å². The Hall–Kier alpha value is -3.45. The van der Waals surface area contributed by atoms with Crippen molar-refractivity contribution < 1.29 is 24.4 Å². The third-order valence-corrected chi connectivity index (χ3v) is 4.50. The van der Waals surface area contributed by atoms with E-state index in [2.05, 4.69) is 5.32 Å². The van der Waals surface area contributed by atoms with Crippen LogP contribution in [0.1, 0.15) is 22.7 Å². The summed E-state index contributed by atoms with van der Waals surface area (Å²) in [5.41, 5.74) is 2.22. The van der Waals surface area contributed by atoms with Gasteiger partial charge in [-0.05, 0) is 28.8 Å². The fourth-order valence-electron chi connectivity index (χ4n) is 2.99. The summed E-state index contributed by atoms with van der Waals surface area (Å²) in [6.07, 6.45) is 1.46. The van der Waals surface area contributed by atoms with Crippen LogP contribution >= 0.6 is 0 Å². The van der Waals surface area contributed by atoms with Crippen molar-refractivity contribution in [3.8, 4) is 6.07 Å². The van der Waals surface area contributed by atoms with Crippen LogP contribution in [0.4, 0.5) is 0 Å². The second-order valence-electron chi connectivity index (χ2n) is 7.35. The third-order valence-electron chi connectivity index (χ3n) is 4.50. The van der Waals surface area contributed by atoms with Crippen LogP contribution in [0.25, 0.3) is 6.08 Å². The summed E-state index contributed by atoms with van der Waals surface area (Å²) in [5.74, 6) is -0.773. The normalized spacial score (nSPS) is 11.9. The lowest BCUT2D eigenvalue weighted by Crippen LogP contribution is -2.34. The predicted molar refractivity (Wildman–Crippen MR) is 121 cm³/mol. The Kier molecular flexibility index (Phi) is 9.63. The summed E-state index contributed by atoms with van der Waals surface area (Å²) in [5, 5.41) is 30.6. The van der Waals surface area contributed by atoms with Crippen molar-refractivity contribution in [1.29, 1.82) is 5.26 Å². The van der Waals surface area contributed by atoms with Gasteiger partial charge >= 0.3 is 7.12 Å². The first kappa shape index (κ1) is 24.8. The molecule has 0 aromatic heterocycles. The van der Waals surface area contributed by atoms with Gasteiger partial charge in [-0.15, -0.1) is 0 Å². The van der Waals surface area contributed by atoms with Crippen LogP contribution in [0, 0.1) is 11.3 Å². The number of rotatable bonds is 10. The van der Waals surface area contributed by atoms with Gasteiger partial charge in [0.2, 0.25) is 5.91 Å². The van der Waals surface area contributed by atoms with Gasteiger partial charge in [0.1, 0.15) is 18.2 Å². The predicted octanol–water partition coefficient (Wildman–Crippen LogP) is 1.53. The van der Waals surface area contributed by atoms with E-state index in [4.69, 9.17) is 4.74 Å². The largest absolute Gasteiger partial charge is 0.453 e. The molecule has 3 N–H and O–H groups in total. The number of nitrogens with zero attached hydrogens (tertiary/aromatic N) is 2. The standard InChI is InChI=1S/C23H26BN3O5/c1-27(2)23(29)20(14-25)12-17-7-6-8-18(11-17)15-32-16-22(28)26-21(13-24(30)31)19-9-4-3-5-10-19/h3-12,21,30-31H,13,15-16H2,1-2H3,(H,26,28)/t21-/m0/s1. The molecule has 0 aliphatic carbocycles. The Morgan fingerprint density at radius 1 is 1.19 bits per heavy atom. The van der Waals surface area contributed by atoms with Crippen molar-refractivity contribution in [3.05, 3.63) is 76.9 Å². The van der Waals surface area contributed by atoms with Crippen molar-refractivity contribution >= 4 is 25.0 Å². The summed E-state index contributed by atoms with van der Waals surface area (Å²) < 4.78 is 5.50. The summed E-state index contributed by atoms with van der Waals surface area (Å²) in [7, 11) is 1.59. The van der Waals surface area contributed by atoms with E-state index in [1.165, 1.54) is 11.0 Å². The number of amides is 2. The second-order valence-corrected chi connectivity index (χ2v) is 7.35. The highest BCUT2D eigenvalue weighted by molar-refractivity contribution is 6.41. The highest BCUT2D eigenvalue weighted by atomic mass is 16.5. The van der Waals surface area contributed by atoms with Crippen LogP contribution in [0.2, 0.25) is 6.32 Å². The molecule has 1 atom stereocenters. The number of benzene rings is 2. The number of nitriles is 1. The lowest BCUT2D eigenvalue weighted by atomic mass is 9.79. The molecule has 0 saturated heterocycles. The van der Waals surface area contributed by atoms with Crippen molar-refractivity contribution in [2.75, 3.05) is 20.7 Å². The molecule has 8 nitrogen and oxygen atoms in total. The fraction of sp³-hybridized carbons (Fsp3) is 0.261. The average molecular weight is 435 g/mol. The molecule has 2 rings (SSSR count). The summed E-state index contributed by atoms with van der Waals surface area (Å²) >= 11 is 0. The fourth-order valence-corrected chi connectivity index (χ4v) is 2.99. The van der Waals surface area contributed by atoms with Crippen LogP contribution < -0.4 is 5.32 Å². The van der Waals surface area contributed by atoms with Crippen LogP contribution in [0.15, 0.2) is 60.2 Å². The van der Waals surface area contributed by atoms with Gasteiger partial charge in [-0.1, -0.05) is 48.5 Å². The van der Waals surface area contributed by atoms with E-state index in [1.807, 2.05) is 18.2 Å². The van der Waals surface area contributed by atoms with E-state index in [9.17, 15) is 24.9 Å². The smallest absolute Gasteiger partial charge is 0.427 e. The van der Waals surface area contributed by atoms with E-state index >= 15 is 0 Å². The zero-order valence-electron chi connectivity index (χ0n) is 18.1. The molecule has 166 valence electrons. The molecule has 2 aromatic rings. The van der Waals surface area contributed by atoms with E-state index in [0.717, 1.165) is 11.1 Å². The van der Waals surface area contributed by atoms with E-state index < -0.39 is 13.2 Å². The Morgan fingerprint density at radius 2 is 1.91 bits per heavy atom. The highest BCUT2D eigenvalue weighted by Crippen LogP contribution is 2.18. The van der Waals surface area contributed by atoms with Gasteiger partial charge in [-0.25, -0.2) is 0 Å². The topological polar surface area (TPSA) is 123 Å². The summed E-state index contributed by atoms with van der Waals surface area (Å²) in [4.78, 5) is 25.6. The number of nitrogens with one attached hydrogen (secondary N) is 1. The first-order valence-electron chi connectivity index (χ1n) is 10.0. The average Bonchev–Trinajstić information content (AvgIpc) is 2.77. The number of ether oxygens (including phenoxy) is 1. The van der Waals surface area contributed by atoms with Crippen LogP contribution in [0.5, 0.6) is 0 Å². The van der Waals surface area contributed by atoms with E-state index in [0.29, 0.717) is 5.56 Å². The van der Waals surface area contributed by atoms with Crippen molar-refractivity contribution in [2.45, 2.75) is 19.0 Å². The molecule has 0 heterocycles. The molecular weight excluding hydrogens is 409 g/mol. The zero-order chi connectivity index (χ0) is 23.5. The third kappa shape index (κ3) is 8.00. The first-order valence-corrected chi connectivity index (χ1v) is 10.0. The highest BCUT2D eigenvalue weighted by Gasteiger charge is 2.21. The van der Waals surface area contributed by atoms with Crippen LogP contribution in [0.3, 0.4) is 0 Å². The van der Waals surface area contributed by atoms with E-state index in [-0.39, 0.29) is 36.9 Å². The maximum absolute atomic E-state index is 12.3. The number of carbonyl (C=O) groups excluding carboxylic acids is 2. The molecule has 0 bridgehead atoms. The van der Waals surface area contributed by atoms with Crippen molar-refractivity contribution in [3.63, 3.8) is 0 Å². The number of likely N-dealkylation sites (N-methyl/N-ethyl adjacent to an activating group) is 1. The SMILES string of the molecule is CN(C)C(=O)C(C#N)=Cc1cccc(COCC(=O)N[C@@H](CB(O)O)c2ccccc2)c1. The molecule has 0 radical (unpaired) electrons. The van der Waals surface area contributed by atoms with Gasteiger partial charge in [-0.2, -0.15) is 5.26 Å². The first-order chi connectivity index (χ1) is 15.3. The minimum Gasteiger partial charge on any atom is -0.427 e. The lowest BCUT2D eigenvalue weighted by molar-refractivity contribution is -0.127. The molecule has 0 spiro atoms. The van der Waals surface area contributed by atoms with E-state index in [1.54, 1.807) is 56.6 Å². The van der Waals surface area contributed by atoms with Crippen LogP contribution in [-0.2, 0) is 20.9 Å². The Morgan fingerprint density at radius 3 is 2.53 bits per heavy atom. The van der Waals surface area contributed by atoms with Gasteiger partial charge in [-0.3, -0.25) is 9.59 Å². The molecule has 0 aliphatic heterocycles. The van der Waals surface area contributed by atoms with Gasteiger partial charge in [0, 0.05) is 20.4 Å². The van der Waals surface area contributed by atoms with Gasteiger partial charge in [0.15, 0.2) is 0 Å². The summed E-state index contributed by atoms with van der Waals surface area (Å²) in [6.45, 7) is -0.0648. The molecule has 9 heteroatoms. The lowest BCUT2D eigenvalue weighted by Gasteiger charge is -2.19. The molecular formula is C23H26BN3O5. The monoisotopic (exact) mass is 435 g/mol. The zero-order valence-corrected chi connectivity index (χ0v) is 18.1. The molecule has 32 heavy (non-hydrogen) atoms. The van der Waals surface area contributed by atoms with Gasteiger partial charge in [0.25, 0.3) is 5.91 Å². The number of carbonyl (C=O) groups is 2. The quantitative estimate of drug-likeness (QED) is 0.296. The summed E-state index contributed by atoms with van der Waals surface area (Å²) in [6, 6.07) is 17.5. The Balaban J connectivity index is 1.95. The molecule has 0 saturated carbocycles. The minimum absolute atomic E-state index is 0.0190. The Bertz CT molecular complexity index is 987. The molecule has 0 fully saturated rings. The molecule has 0 aliphatic rings. The molecule has 0 unspecified atom stereocenters. The van der Waals surface area contributed by atoms with Crippen LogP contribution in [-0.4, -0.2) is 54.6 Å². The van der Waals surface area contributed by atoms with Crippen molar-refractivity contribution in [1.82, 2.24) is 10.2 Å². The molecule has 2 amide bonds. The maximum Gasteiger partial charge on any atom is 0.453 e. The van der Waals surface area contributed by atoms with Gasteiger partial charge < -0.3 is 25.0 Å². The van der Waals surface area contributed by atoms with Crippen molar-refractivity contribution in [2.24, 2.45) is 0 Å². The Labute approximate surface area is 187 Å². The minimum atomic E-state index is -1.56. The molecule has 2 aromatic carbocycles.